The molecule has 0 aromatic rings. The fourth-order valence-corrected chi connectivity index (χ4v) is 9.10. The number of allylic oxidation sites excluding steroid dienone is 1. The molecule has 33 heavy (non-hydrogen) atoms. The minimum atomic E-state index is -1.01. The normalized spacial score (nSPS) is 44.4. The molecular formula is C29H44O4. The number of hydrogen-bond donors (Lipinski definition) is 0. The van der Waals surface area contributed by atoms with Crippen molar-refractivity contribution in [3.8, 4) is 0 Å². The van der Waals surface area contributed by atoms with Crippen LogP contribution in [0.1, 0.15) is 106 Å². The van der Waals surface area contributed by atoms with E-state index in [2.05, 4.69) is 34.6 Å². The van der Waals surface area contributed by atoms with Crippen LogP contribution in [0.2, 0.25) is 0 Å². The van der Waals surface area contributed by atoms with E-state index in [0.717, 1.165) is 51.4 Å². The highest BCUT2D eigenvalue weighted by molar-refractivity contribution is 5.92. The summed E-state index contributed by atoms with van der Waals surface area (Å²) in [4.78, 5) is 38.5. The molecule has 3 fully saturated rings. The number of ether oxygens (including phenoxy) is 1. The predicted molar refractivity (Wildman–Crippen MR) is 129 cm³/mol. The van der Waals surface area contributed by atoms with Crippen LogP contribution in [0.5, 0.6) is 0 Å². The van der Waals surface area contributed by atoms with Crippen molar-refractivity contribution in [3.63, 3.8) is 0 Å². The van der Waals surface area contributed by atoms with Gasteiger partial charge in [-0.2, -0.15) is 0 Å². The van der Waals surface area contributed by atoms with Crippen molar-refractivity contribution >= 4 is 17.5 Å². The summed E-state index contributed by atoms with van der Waals surface area (Å²) >= 11 is 0. The van der Waals surface area contributed by atoms with E-state index in [0.29, 0.717) is 36.5 Å². The average Bonchev–Trinajstić information content (AvgIpc) is 2.98. The molecule has 8 atom stereocenters. The molecule has 4 rings (SSSR count). The van der Waals surface area contributed by atoms with Crippen molar-refractivity contribution in [2.75, 3.05) is 0 Å². The van der Waals surface area contributed by atoms with E-state index in [9.17, 15) is 14.4 Å². The zero-order valence-electron chi connectivity index (χ0n) is 21.7. The van der Waals surface area contributed by atoms with E-state index in [-0.39, 0.29) is 34.3 Å². The van der Waals surface area contributed by atoms with E-state index < -0.39 is 5.60 Å². The van der Waals surface area contributed by atoms with Gasteiger partial charge in [0, 0.05) is 24.2 Å². The van der Waals surface area contributed by atoms with Gasteiger partial charge in [-0.15, -0.1) is 0 Å². The summed E-state index contributed by atoms with van der Waals surface area (Å²) in [7, 11) is 0. The Morgan fingerprint density at radius 3 is 2.48 bits per heavy atom. The van der Waals surface area contributed by atoms with Crippen molar-refractivity contribution in [1.82, 2.24) is 0 Å². The second kappa shape index (κ2) is 8.64. The highest BCUT2D eigenvalue weighted by Gasteiger charge is 2.70. The predicted octanol–water partition coefficient (Wildman–Crippen LogP) is 6.46. The lowest BCUT2D eigenvalue weighted by molar-refractivity contribution is -0.195. The van der Waals surface area contributed by atoms with Crippen LogP contribution >= 0.6 is 0 Å². The zero-order chi connectivity index (χ0) is 24.2. The minimum absolute atomic E-state index is 0.0289. The summed E-state index contributed by atoms with van der Waals surface area (Å²) in [5.41, 5.74) is 0.130. The molecule has 0 aromatic heterocycles. The van der Waals surface area contributed by atoms with Crippen molar-refractivity contribution in [2.24, 2.45) is 40.4 Å². The lowest BCUT2D eigenvalue weighted by atomic mass is 9.44. The third-order valence-corrected chi connectivity index (χ3v) is 10.6. The Morgan fingerprint density at radius 1 is 1.09 bits per heavy atom. The molecule has 0 amide bonds. The summed E-state index contributed by atoms with van der Waals surface area (Å²) in [5, 5.41) is 0. The Morgan fingerprint density at radius 2 is 1.82 bits per heavy atom. The maximum atomic E-state index is 13.3. The maximum absolute atomic E-state index is 13.3. The van der Waals surface area contributed by atoms with E-state index >= 15 is 0 Å². The van der Waals surface area contributed by atoms with Gasteiger partial charge in [0.05, 0.1) is 0 Å². The molecule has 8 unspecified atom stereocenters. The molecule has 0 aliphatic heterocycles. The molecule has 0 bridgehead atoms. The fraction of sp³-hybridized carbons (Fsp3) is 0.828. The summed E-state index contributed by atoms with van der Waals surface area (Å²) in [6, 6.07) is 0. The van der Waals surface area contributed by atoms with Crippen molar-refractivity contribution in [3.05, 3.63) is 11.6 Å². The topological polar surface area (TPSA) is 60.4 Å². The number of Topliss-reactive ketones (excluding diaryl/α,β-unsaturated/α-hetero) is 1. The van der Waals surface area contributed by atoms with Crippen LogP contribution in [0, 0.1) is 40.4 Å². The molecule has 4 aliphatic carbocycles. The molecule has 0 radical (unpaired) electrons. The molecule has 0 aromatic carbocycles. The third kappa shape index (κ3) is 3.57. The number of carbonyl (C=O) groups excluding carboxylic acids is 3. The Bertz CT molecular complexity index is 858. The molecule has 0 heterocycles. The van der Waals surface area contributed by atoms with Gasteiger partial charge in [-0.05, 0) is 80.6 Å². The number of fused-ring (bicyclic) bond motifs is 5. The first-order valence-corrected chi connectivity index (χ1v) is 13.5. The largest absolute Gasteiger partial charge is 0.450 e. The standard InChI is InChI=1S/C29H44O4/c1-7-8-9-10-26(32)33-29(20(4)30)19(3)16-25-22-15-18(2)24-17-21(31)11-13-27(24,5)23(22)12-14-28(25,29)6/h17-19,22-23,25H,7-16H2,1-6H3. The van der Waals surface area contributed by atoms with Gasteiger partial charge in [-0.3, -0.25) is 14.4 Å². The maximum Gasteiger partial charge on any atom is 0.306 e. The van der Waals surface area contributed by atoms with Crippen LogP contribution in [0.3, 0.4) is 0 Å². The summed E-state index contributed by atoms with van der Waals surface area (Å²) in [6.07, 6.45) is 10.8. The number of carbonyl (C=O) groups is 3. The summed E-state index contributed by atoms with van der Waals surface area (Å²) in [5.74, 6) is 1.97. The first-order valence-electron chi connectivity index (χ1n) is 13.5. The van der Waals surface area contributed by atoms with Crippen molar-refractivity contribution in [2.45, 2.75) is 111 Å². The number of rotatable bonds is 6. The number of unbranched alkanes of at least 4 members (excludes halogenated alkanes) is 2. The van der Waals surface area contributed by atoms with Crippen LogP contribution < -0.4 is 0 Å². The van der Waals surface area contributed by atoms with Crippen LogP contribution in [0.25, 0.3) is 0 Å². The van der Waals surface area contributed by atoms with Crippen molar-refractivity contribution < 1.29 is 19.1 Å². The van der Waals surface area contributed by atoms with Gasteiger partial charge in [0.25, 0.3) is 0 Å². The second-order valence-electron chi connectivity index (χ2n) is 12.3. The first kappa shape index (κ1) is 24.7. The van der Waals surface area contributed by atoms with E-state index in [1.165, 1.54) is 5.57 Å². The Hall–Kier alpha value is -1.45. The summed E-state index contributed by atoms with van der Waals surface area (Å²) < 4.78 is 6.30. The highest BCUT2D eigenvalue weighted by atomic mass is 16.6. The second-order valence-corrected chi connectivity index (χ2v) is 12.3. The summed E-state index contributed by atoms with van der Waals surface area (Å²) in [6.45, 7) is 12.8. The molecule has 3 saturated carbocycles. The Balaban J connectivity index is 1.67. The Labute approximate surface area is 200 Å². The van der Waals surface area contributed by atoms with Gasteiger partial charge in [0.15, 0.2) is 17.2 Å². The molecule has 0 N–H and O–H groups in total. The Kier molecular flexibility index (Phi) is 6.46. The van der Waals surface area contributed by atoms with E-state index in [1.54, 1.807) is 6.92 Å². The SMILES string of the molecule is CCCCCC(=O)OC1(C(C)=O)C(C)CC2C3CC(C)C4=CC(=O)CCC4(C)C3CCC21C. The molecule has 0 spiro atoms. The van der Waals surface area contributed by atoms with Crippen LogP contribution in [-0.4, -0.2) is 23.1 Å². The average molecular weight is 457 g/mol. The van der Waals surface area contributed by atoms with Crippen molar-refractivity contribution in [1.29, 1.82) is 0 Å². The molecule has 184 valence electrons. The molecule has 4 aliphatic rings. The number of hydrogen-bond acceptors (Lipinski definition) is 4. The van der Waals surface area contributed by atoms with Crippen LogP contribution in [-0.2, 0) is 19.1 Å². The number of ketones is 2. The van der Waals surface area contributed by atoms with Gasteiger partial charge < -0.3 is 4.74 Å². The van der Waals surface area contributed by atoms with E-state index in [4.69, 9.17) is 4.74 Å². The molecule has 4 nitrogen and oxygen atoms in total. The molecular weight excluding hydrogens is 412 g/mol. The van der Waals surface area contributed by atoms with Crippen LogP contribution in [0.15, 0.2) is 11.6 Å². The number of esters is 1. The van der Waals surface area contributed by atoms with Gasteiger partial charge >= 0.3 is 5.97 Å². The minimum Gasteiger partial charge on any atom is -0.450 e. The smallest absolute Gasteiger partial charge is 0.306 e. The molecule has 4 heteroatoms. The van der Waals surface area contributed by atoms with Gasteiger partial charge in [-0.1, -0.05) is 53.0 Å². The lowest BCUT2D eigenvalue weighted by Gasteiger charge is -2.60. The van der Waals surface area contributed by atoms with Gasteiger partial charge in [0.2, 0.25) is 0 Å². The third-order valence-electron chi connectivity index (χ3n) is 10.6. The highest BCUT2D eigenvalue weighted by Crippen LogP contribution is 2.70. The first-order chi connectivity index (χ1) is 15.5. The van der Waals surface area contributed by atoms with E-state index in [1.807, 2.05) is 6.08 Å². The fourth-order valence-electron chi connectivity index (χ4n) is 9.10. The lowest BCUT2D eigenvalue weighted by Crippen LogP contribution is -2.60. The molecule has 0 saturated heterocycles. The monoisotopic (exact) mass is 456 g/mol. The van der Waals surface area contributed by atoms with Gasteiger partial charge in [0.1, 0.15) is 0 Å². The zero-order valence-corrected chi connectivity index (χ0v) is 21.7. The quantitative estimate of drug-likeness (QED) is 0.340. The van der Waals surface area contributed by atoms with Crippen LogP contribution in [0.4, 0.5) is 0 Å². The van der Waals surface area contributed by atoms with Gasteiger partial charge in [-0.25, -0.2) is 0 Å².